The summed E-state index contributed by atoms with van der Waals surface area (Å²) in [5.74, 6) is 1.89. The number of likely N-dealkylation sites (tertiary alicyclic amines) is 1. The highest BCUT2D eigenvalue weighted by molar-refractivity contribution is 5.79. The van der Waals surface area contributed by atoms with E-state index in [1.54, 1.807) is 14.2 Å². The number of hydrogen-bond acceptors (Lipinski definition) is 7. The van der Waals surface area contributed by atoms with Gasteiger partial charge in [-0.3, -0.25) is 14.4 Å². The highest BCUT2D eigenvalue weighted by Crippen LogP contribution is 2.37. The summed E-state index contributed by atoms with van der Waals surface area (Å²) < 4.78 is 11.3. The molecule has 1 aromatic heterocycles. The normalized spacial score (nSPS) is 23.2. The van der Waals surface area contributed by atoms with Crippen LogP contribution in [0.4, 0.5) is 0 Å². The van der Waals surface area contributed by atoms with Crippen molar-refractivity contribution in [3.8, 4) is 11.5 Å². The number of aryl methyl sites for hydroxylation is 2. The Balaban J connectivity index is 1.19. The van der Waals surface area contributed by atoms with Crippen molar-refractivity contribution in [2.24, 2.45) is 11.8 Å². The van der Waals surface area contributed by atoms with Gasteiger partial charge in [-0.1, -0.05) is 18.2 Å². The molecule has 3 atom stereocenters. The molecule has 2 fully saturated rings. The predicted molar refractivity (Wildman–Crippen MR) is 164 cm³/mol. The van der Waals surface area contributed by atoms with Crippen molar-refractivity contribution < 1.29 is 23.9 Å². The Morgan fingerprint density at radius 3 is 2.50 bits per heavy atom. The maximum absolute atomic E-state index is 13.8. The number of rotatable bonds is 4. The average molecular weight is 603 g/mol. The quantitative estimate of drug-likeness (QED) is 0.488. The van der Waals surface area contributed by atoms with Gasteiger partial charge in [-0.25, -0.2) is 0 Å². The Morgan fingerprint density at radius 1 is 0.955 bits per heavy atom. The van der Waals surface area contributed by atoms with Crippen LogP contribution >= 0.6 is 0 Å². The minimum atomic E-state index is -0.0126. The molecule has 4 bridgehead atoms. The molecule has 3 aliphatic rings. The second-order valence-electron chi connectivity index (χ2n) is 12.3. The largest absolute Gasteiger partial charge is 0.493 e. The second kappa shape index (κ2) is 13.2. The predicted octanol–water partition coefficient (Wildman–Crippen LogP) is 2.99. The first kappa shape index (κ1) is 29.9. The molecule has 44 heavy (non-hydrogen) atoms. The Morgan fingerprint density at radius 2 is 1.75 bits per heavy atom. The highest BCUT2D eigenvalue weighted by atomic mass is 16.5. The van der Waals surface area contributed by atoms with E-state index in [1.807, 2.05) is 35.2 Å². The van der Waals surface area contributed by atoms with Crippen molar-refractivity contribution in [1.82, 2.24) is 30.1 Å². The van der Waals surface area contributed by atoms with Gasteiger partial charge in [-0.05, 0) is 79.7 Å². The molecule has 11 nitrogen and oxygen atoms in total. The summed E-state index contributed by atoms with van der Waals surface area (Å²) >= 11 is 0. The van der Waals surface area contributed by atoms with Crippen LogP contribution in [0.5, 0.6) is 11.5 Å². The summed E-state index contributed by atoms with van der Waals surface area (Å²) in [6.07, 6.45) is 5.36. The SMILES string of the molecule is COc1cc2cc(c1OC)CCCNC(=O)CCC[C@H]1[C@@H]3C[C@@H](CN(C(=O)Cn4nc5ccccc5n4)C3)CN1C(=O)CC2. The van der Waals surface area contributed by atoms with Crippen LogP contribution in [0.25, 0.3) is 11.0 Å². The Bertz CT molecular complexity index is 1490. The lowest BCUT2D eigenvalue weighted by Crippen LogP contribution is -2.60. The number of nitrogens with zero attached hydrogens (tertiary/aromatic N) is 5. The maximum Gasteiger partial charge on any atom is 0.246 e. The molecule has 2 aromatic carbocycles. The maximum atomic E-state index is 13.8. The van der Waals surface area contributed by atoms with Gasteiger partial charge in [-0.15, -0.1) is 0 Å². The average Bonchev–Trinajstić information content (AvgIpc) is 3.44. The van der Waals surface area contributed by atoms with E-state index in [2.05, 4.69) is 26.5 Å². The van der Waals surface area contributed by atoms with Crippen LogP contribution in [0.15, 0.2) is 36.4 Å². The summed E-state index contributed by atoms with van der Waals surface area (Å²) in [7, 11) is 3.26. The number of ether oxygens (including phenoxy) is 2. The van der Waals surface area contributed by atoms with Crippen LogP contribution in [0, 0.1) is 11.8 Å². The highest BCUT2D eigenvalue weighted by Gasteiger charge is 2.43. The van der Waals surface area contributed by atoms with Gasteiger partial charge in [0.1, 0.15) is 17.6 Å². The molecule has 0 radical (unpaired) electrons. The zero-order valence-electron chi connectivity index (χ0n) is 25.7. The first-order valence-corrected chi connectivity index (χ1v) is 15.8. The third-order valence-corrected chi connectivity index (χ3v) is 9.34. The van der Waals surface area contributed by atoms with Gasteiger partial charge in [0.05, 0.1) is 14.2 Å². The number of nitrogens with one attached hydrogen (secondary N) is 1. The fraction of sp³-hybridized carbons (Fsp3) is 0.545. The fourth-order valence-corrected chi connectivity index (χ4v) is 7.30. The number of aromatic nitrogens is 3. The van der Waals surface area contributed by atoms with Crippen LogP contribution < -0.4 is 14.8 Å². The number of piperidine rings is 2. The molecule has 0 aliphatic carbocycles. The van der Waals surface area contributed by atoms with E-state index < -0.39 is 0 Å². The molecule has 3 aliphatic heterocycles. The lowest BCUT2D eigenvalue weighted by molar-refractivity contribution is -0.146. The van der Waals surface area contributed by atoms with Gasteiger partial charge in [0.15, 0.2) is 11.5 Å². The van der Waals surface area contributed by atoms with E-state index in [4.69, 9.17) is 9.47 Å². The first-order valence-electron chi connectivity index (χ1n) is 15.8. The molecule has 0 spiro atoms. The molecular formula is C33H42N6O5. The Kier molecular flexibility index (Phi) is 8.99. The van der Waals surface area contributed by atoms with E-state index in [0.29, 0.717) is 63.4 Å². The van der Waals surface area contributed by atoms with Crippen molar-refractivity contribution in [3.63, 3.8) is 0 Å². The van der Waals surface area contributed by atoms with Crippen molar-refractivity contribution in [3.05, 3.63) is 47.5 Å². The van der Waals surface area contributed by atoms with Crippen LogP contribution in [-0.2, 0) is 33.8 Å². The van der Waals surface area contributed by atoms with Crippen molar-refractivity contribution in [2.45, 2.75) is 64.0 Å². The number of carbonyl (C=O) groups is 3. The smallest absolute Gasteiger partial charge is 0.246 e. The molecule has 0 saturated carbocycles. The van der Waals surface area contributed by atoms with Crippen molar-refractivity contribution >= 4 is 28.8 Å². The molecule has 1 N–H and O–H groups in total. The van der Waals surface area contributed by atoms with Crippen LogP contribution in [0.2, 0.25) is 0 Å². The molecular weight excluding hydrogens is 560 g/mol. The summed E-state index contributed by atoms with van der Waals surface area (Å²) in [6, 6.07) is 11.6. The van der Waals surface area contributed by atoms with Gasteiger partial charge in [-0.2, -0.15) is 15.0 Å². The van der Waals surface area contributed by atoms with Crippen LogP contribution in [0.1, 0.15) is 49.7 Å². The molecule has 6 rings (SSSR count). The molecule has 234 valence electrons. The zero-order chi connectivity index (χ0) is 30.6. The molecule has 4 heterocycles. The number of benzene rings is 2. The van der Waals surface area contributed by atoms with E-state index in [0.717, 1.165) is 47.8 Å². The fourth-order valence-electron chi connectivity index (χ4n) is 7.30. The van der Waals surface area contributed by atoms with E-state index in [-0.39, 0.29) is 42.1 Å². The summed E-state index contributed by atoms with van der Waals surface area (Å²) in [4.78, 5) is 45.5. The van der Waals surface area contributed by atoms with E-state index in [1.165, 1.54) is 4.80 Å². The zero-order valence-corrected chi connectivity index (χ0v) is 25.7. The lowest BCUT2D eigenvalue weighted by Gasteiger charge is -2.51. The summed E-state index contributed by atoms with van der Waals surface area (Å²) in [5.41, 5.74) is 3.59. The van der Waals surface area contributed by atoms with E-state index >= 15 is 0 Å². The summed E-state index contributed by atoms with van der Waals surface area (Å²) in [6.45, 7) is 2.51. The monoisotopic (exact) mass is 602 g/mol. The van der Waals surface area contributed by atoms with Crippen LogP contribution in [-0.4, -0.2) is 89.0 Å². The third-order valence-electron chi connectivity index (χ3n) is 9.34. The number of amides is 3. The van der Waals surface area contributed by atoms with Crippen molar-refractivity contribution in [2.75, 3.05) is 40.4 Å². The summed E-state index contributed by atoms with van der Waals surface area (Å²) in [5, 5.41) is 12.0. The number of methoxy groups -OCH3 is 2. The third kappa shape index (κ3) is 6.51. The molecule has 11 heteroatoms. The Labute approximate surface area is 257 Å². The standard InChI is InChI=1S/C33H42N6O5/c1-43-29-17-22-12-13-31(41)38-19-23-16-25(20-37(18-23)32(42)21-39-35-26-8-3-4-9-27(26)36-39)28(38)10-5-11-30(40)34-14-6-7-24(15-22)33(29)44-2/h3-4,8-9,15,17,23,25,28H,5-7,10-14,16,18-21H2,1-2H3,(H,34,40)/t23-,25+,28-/m0/s1. The van der Waals surface area contributed by atoms with Gasteiger partial charge in [0.2, 0.25) is 17.7 Å². The number of carbonyl (C=O) groups excluding carboxylic acids is 3. The number of fused-ring (bicyclic) bond motifs is 7. The van der Waals surface area contributed by atoms with Crippen LogP contribution in [0.3, 0.4) is 0 Å². The Hall–Kier alpha value is -4.15. The molecule has 3 amide bonds. The molecule has 2 saturated heterocycles. The van der Waals surface area contributed by atoms with Crippen molar-refractivity contribution in [1.29, 1.82) is 0 Å². The second-order valence-corrected chi connectivity index (χ2v) is 12.3. The topological polar surface area (TPSA) is 119 Å². The first-order chi connectivity index (χ1) is 21.4. The minimum Gasteiger partial charge on any atom is -0.493 e. The van der Waals surface area contributed by atoms with Gasteiger partial charge in [0.25, 0.3) is 0 Å². The molecule has 0 unspecified atom stereocenters. The van der Waals surface area contributed by atoms with E-state index in [9.17, 15) is 14.4 Å². The van der Waals surface area contributed by atoms with Gasteiger partial charge >= 0.3 is 0 Å². The van der Waals surface area contributed by atoms with Gasteiger partial charge in [0, 0.05) is 45.1 Å². The lowest BCUT2D eigenvalue weighted by atomic mass is 9.77. The minimum absolute atomic E-state index is 0.00313. The van der Waals surface area contributed by atoms with Gasteiger partial charge < -0.3 is 24.6 Å². The number of hydrogen-bond donors (Lipinski definition) is 1. The molecule has 3 aromatic rings.